The molecule has 0 amide bonds. The molecule has 0 aliphatic carbocycles. The topological polar surface area (TPSA) is 192 Å². The molecule has 12 heteroatoms. The highest BCUT2D eigenvalue weighted by Crippen LogP contribution is 2.42. The third-order valence-corrected chi connectivity index (χ3v) is 6.85. The number of ketones is 1. The molecule has 2 aliphatic rings. The smallest absolute Gasteiger partial charge is 0.330 e. The maximum atomic E-state index is 12.8. The summed E-state index contributed by atoms with van der Waals surface area (Å²) in [4.78, 5) is 25.0. The van der Waals surface area contributed by atoms with Crippen LogP contribution in [0.15, 0.2) is 66.7 Å². The first-order valence-corrected chi connectivity index (χ1v) is 12.9. The quantitative estimate of drug-likeness (QED) is 0.176. The second kappa shape index (κ2) is 12.1. The van der Waals surface area contributed by atoms with E-state index in [1.807, 2.05) is 0 Å². The minimum absolute atomic E-state index is 0.0103. The Kier molecular flexibility index (Phi) is 8.31. The number of ether oxygens (including phenoxy) is 4. The molecule has 0 bridgehead atoms. The van der Waals surface area contributed by atoms with Gasteiger partial charge in [0.05, 0.1) is 6.42 Å². The summed E-state index contributed by atoms with van der Waals surface area (Å²) in [7, 11) is 0. The fourth-order valence-electron chi connectivity index (χ4n) is 4.61. The van der Waals surface area contributed by atoms with Crippen LogP contribution in [0.25, 0.3) is 6.08 Å². The third-order valence-electron chi connectivity index (χ3n) is 6.85. The van der Waals surface area contributed by atoms with Crippen LogP contribution in [0.5, 0.6) is 28.7 Å². The van der Waals surface area contributed by atoms with Crippen LogP contribution < -0.4 is 9.47 Å². The Morgan fingerprint density at radius 2 is 1.57 bits per heavy atom. The van der Waals surface area contributed by atoms with Gasteiger partial charge in [0.2, 0.25) is 6.29 Å². The van der Waals surface area contributed by atoms with Crippen molar-refractivity contribution in [2.75, 3.05) is 6.61 Å². The lowest BCUT2D eigenvalue weighted by Gasteiger charge is -2.40. The van der Waals surface area contributed by atoms with E-state index < -0.39 is 55.1 Å². The van der Waals surface area contributed by atoms with Gasteiger partial charge in [-0.25, -0.2) is 4.79 Å². The Morgan fingerprint density at radius 3 is 2.26 bits per heavy atom. The highest BCUT2D eigenvalue weighted by molar-refractivity contribution is 6.02. The van der Waals surface area contributed by atoms with Gasteiger partial charge in [-0.05, 0) is 41.5 Å². The van der Waals surface area contributed by atoms with Gasteiger partial charge in [-0.15, -0.1) is 0 Å². The van der Waals surface area contributed by atoms with Crippen LogP contribution in [-0.4, -0.2) is 79.7 Å². The fourth-order valence-corrected chi connectivity index (χ4v) is 4.61. The van der Waals surface area contributed by atoms with E-state index in [2.05, 4.69) is 0 Å². The van der Waals surface area contributed by atoms with Crippen LogP contribution in [0.4, 0.5) is 0 Å². The van der Waals surface area contributed by atoms with Crippen molar-refractivity contribution in [1.29, 1.82) is 0 Å². The van der Waals surface area contributed by atoms with Crippen molar-refractivity contribution in [3.63, 3.8) is 0 Å². The SMILES string of the molecule is O=C(/C=C\c1ccc(O)cc1)OC[C@@H]1O[C@@H](Oc2cc(O)c3c(c2)O[C@H](c2ccc(O)cc2)CC3=O)[C@@H](O)[C@@H](O)[C@H]1O. The van der Waals surface area contributed by atoms with E-state index >= 15 is 0 Å². The molecule has 0 unspecified atom stereocenters. The lowest BCUT2D eigenvalue weighted by molar-refractivity contribution is -0.278. The largest absolute Gasteiger partial charge is 0.508 e. The molecule has 6 N–H and O–H groups in total. The molecule has 0 radical (unpaired) electrons. The summed E-state index contributed by atoms with van der Waals surface area (Å²) in [5.74, 6) is -1.55. The number of carbonyl (C=O) groups excluding carboxylic acids is 2. The van der Waals surface area contributed by atoms with E-state index in [-0.39, 0.29) is 40.8 Å². The predicted molar refractivity (Wildman–Crippen MR) is 144 cm³/mol. The van der Waals surface area contributed by atoms with Gasteiger partial charge < -0.3 is 49.6 Å². The lowest BCUT2D eigenvalue weighted by atomic mass is 9.95. The Labute approximate surface area is 239 Å². The number of phenolic OH excluding ortho intramolecular Hbond substituents is 3. The normalized spacial score (nSPS) is 25.5. The molecule has 0 aromatic heterocycles. The zero-order chi connectivity index (χ0) is 30.0. The van der Waals surface area contributed by atoms with E-state index in [4.69, 9.17) is 18.9 Å². The van der Waals surface area contributed by atoms with Crippen LogP contribution in [0.3, 0.4) is 0 Å². The van der Waals surface area contributed by atoms with Crippen LogP contribution in [0.2, 0.25) is 0 Å². The van der Waals surface area contributed by atoms with E-state index in [1.54, 1.807) is 24.3 Å². The van der Waals surface area contributed by atoms with Crippen LogP contribution in [0.1, 0.15) is 34.0 Å². The first-order valence-electron chi connectivity index (χ1n) is 12.9. The summed E-state index contributed by atoms with van der Waals surface area (Å²) >= 11 is 0. The number of hydrogen-bond acceptors (Lipinski definition) is 12. The number of aliphatic hydroxyl groups is 3. The number of hydrogen-bond donors (Lipinski definition) is 6. The molecule has 2 aliphatic heterocycles. The number of phenols is 3. The summed E-state index contributed by atoms with van der Waals surface area (Å²) in [6.07, 6.45) is -6.12. The van der Waals surface area contributed by atoms with Gasteiger partial charge in [0.25, 0.3) is 0 Å². The van der Waals surface area contributed by atoms with E-state index in [9.17, 15) is 40.2 Å². The van der Waals surface area contributed by atoms with Crippen molar-refractivity contribution in [1.82, 2.24) is 0 Å². The molecule has 3 aromatic rings. The molecule has 1 fully saturated rings. The Balaban J connectivity index is 1.26. The standard InChI is InChI=1S/C30H28O12/c31-17-6-1-15(2-7-17)3-10-25(35)39-14-24-27(36)28(37)29(38)30(42-24)40-19-11-20(33)26-21(34)13-22(41-23(26)12-19)16-4-8-18(32)9-5-16/h1-12,22,24,27-33,36-38H,13-14H2/b10-3-/t22-,24-,27-,28-,29-,30+/m0/s1. The van der Waals surface area contributed by atoms with E-state index in [1.165, 1.54) is 36.4 Å². The minimum atomic E-state index is -1.73. The highest BCUT2D eigenvalue weighted by atomic mass is 16.7. The first kappa shape index (κ1) is 28.9. The summed E-state index contributed by atoms with van der Waals surface area (Å²) in [6, 6.07) is 14.6. The van der Waals surface area contributed by atoms with Gasteiger partial charge in [-0.2, -0.15) is 0 Å². The Morgan fingerprint density at radius 1 is 0.905 bits per heavy atom. The predicted octanol–water partition coefficient (Wildman–Crippen LogP) is 1.95. The number of Topliss-reactive ketones (excluding diaryl/α,β-unsaturated/α-hetero) is 1. The molecule has 3 aromatic carbocycles. The summed E-state index contributed by atoms with van der Waals surface area (Å²) in [5, 5.41) is 60.7. The molecule has 5 rings (SSSR count). The number of esters is 1. The number of carbonyl (C=O) groups is 2. The summed E-state index contributed by atoms with van der Waals surface area (Å²) in [5.41, 5.74) is 1.19. The van der Waals surface area contributed by atoms with E-state index in [0.29, 0.717) is 11.1 Å². The van der Waals surface area contributed by atoms with Crippen molar-refractivity contribution in [2.24, 2.45) is 0 Å². The Bertz CT molecular complexity index is 1470. The number of benzene rings is 3. The number of fused-ring (bicyclic) bond motifs is 1. The average molecular weight is 581 g/mol. The summed E-state index contributed by atoms with van der Waals surface area (Å²) < 4.78 is 22.3. The van der Waals surface area contributed by atoms with Crippen molar-refractivity contribution in [3.8, 4) is 28.7 Å². The summed E-state index contributed by atoms with van der Waals surface area (Å²) in [6.45, 7) is -0.495. The van der Waals surface area contributed by atoms with Crippen molar-refractivity contribution < 1.29 is 59.2 Å². The molecular weight excluding hydrogens is 552 g/mol. The lowest BCUT2D eigenvalue weighted by Crippen LogP contribution is -2.60. The van der Waals surface area contributed by atoms with Crippen molar-refractivity contribution >= 4 is 17.8 Å². The van der Waals surface area contributed by atoms with Crippen molar-refractivity contribution in [2.45, 2.75) is 43.2 Å². The zero-order valence-corrected chi connectivity index (χ0v) is 21.9. The van der Waals surface area contributed by atoms with Crippen LogP contribution >= 0.6 is 0 Å². The van der Waals surface area contributed by atoms with Gasteiger partial charge in [0.1, 0.15) is 71.4 Å². The van der Waals surface area contributed by atoms with Gasteiger partial charge in [-0.1, -0.05) is 24.3 Å². The molecule has 220 valence electrons. The fraction of sp³-hybridized carbons (Fsp3) is 0.267. The van der Waals surface area contributed by atoms with Crippen molar-refractivity contribution in [3.05, 3.63) is 83.4 Å². The molecule has 6 atom stereocenters. The first-order chi connectivity index (χ1) is 20.1. The molecule has 2 heterocycles. The maximum absolute atomic E-state index is 12.8. The Hall–Kier alpha value is -4.62. The van der Waals surface area contributed by atoms with Crippen LogP contribution in [-0.2, 0) is 14.3 Å². The molecular formula is C30H28O12. The molecule has 0 saturated carbocycles. The van der Waals surface area contributed by atoms with Crippen LogP contribution in [0, 0.1) is 0 Å². The highest BCUT2D eigenvalue weighted by Gasteiger charge is 2.45. The van der Waals surface area contributed by atoms with E-state index in [0.717, 1.165) is 12.1 Å². The molecule has 1 saturated heterocycles. The second-order valence-electron chi connectivity index (χ2n) is 9.83. The second-order valence-corrected chi connectivity index (χ2v) is 9.83. The average Bonchev–Trinajstić information content (AvgIpc) is 2.96. The third kappa shape index (κ3) is 6.31. The number of aliphatic hydroxyl groups excluding tert-OH is 3. The van der Waals surface area contributed by atoms with Gasteiger partial charge in [0.15, 0.2) is 5.78 Å². The van der Waals surface area contributed by atoms with Gasteiger partial charge in [-0.3, -0.25) is 4.79 Å². The molecule has 12 nitrogen and oxygen atoms in total. The van der Waals surface area contributed by atoms with Gasteiger partial charge in [0, 0.05) is 18.2 Å². The van der Waals surface area contributed by atoms with Gasteiger partial charge >= 0.3 is 5.97 Å². The monoisotopic (exact) mass is 580 g/mol. The maximum Gasteiger partial charge on any atom is 0.330 e. The number of aromatic hydroxyl groups is 3. The number of rotatable bonds is 7. The zero-order valence-electron chi connectivity index (χ0n) is 21.9. The molecule has 42 heavy (non-hydrogen) atoms. The molecule has 0 spiro atoms. The minimum Gasteiger partial charge on any atom is -0.508 e.